The SMILES string of the molecule is Cc1cccc(NC(=S)Nc2cnn(Cc3ccccc3F)c2)c1. The lowest BCUT2D eigenvalue weighted by Crippen LogP contribution is -2.18. The fraction of sp³-hybridized carbons (Fsp3) is 0.111. The maximum absolute atomic E-state index is 13.7. The summed E-state index contributed by atoms with van der Waals surface area (Å²) in [7, 11) is 0. The van der Waals surface area contributed by atoms with E-state index in [1.165, 1.54) is 6.07 Å². The fourth-order valence-electron chi connectivity index (χ4n) is 2.33. The molecule has 0 radical (unpaired) electrons. The number of anilines is 2. The van der Waals surface area contributed by atoms with Crippen LogP contribution >= 0.6 is 12.2 Å². The first kappa shape index (κ1) is 16.1. The van der Waals surface area contributed by atoms with Crippen LogP contribution in [0.4, 0.5) is 15.8 Å². The van der Waals surface area contributed by atoms with Crippen LogP contribution in [-0.4, -0.2) is 14.9 Å². The van der Waals surface area contributed by atoms with Crippen LogP contribution in [0.25, 0.3) is 0 Å². The summed E-state index contributed by atoms with van der Waals surface area (Å²) in [6, 6.07) is 14.6. The highest BCUT2D eigenvalue weighted by Gasteiger charge is 2.05. The molecule has 3 rings (SSSR count). The quantitative estimate of drug-likeness (QED) is 0.699. The fourth-order valence-corrected chi connectivity index (χ4v) is 2.57. The van der Waals surface area contributed by atoms with Crippen LogP contribution < -0.4 is 10.6 Å². The molecule has 24 heavy (non-hydrogen) atoms. The Balaban J connectivity index is 1.61. The third-order valence-corrected chi connectivity index (χ3v) is 3.66. The van der Waals surface area contributed by atoms with Crippen LogP contribution in [0, 0.1) is 12.7 Å². The van der Waals surface area contributed by atoms with Crippen LogP contribution in [0.2, 0.25) is 0 Å². The first-order valence-corrected chi connectivity index (χ1v) is 7.91. The average Bonchev–Trinajstić information content (AvgIpc) is 2.96. The Hall–Kier alpha value is -2.73. The largest absolute Gasteiger partial charge is 0.332 e. The van der Waals surface area contributed by atoms with Crippen LogP contribution in [0.3, 0.4) is 0 Å². The number of nitrogens with one attached hydrogen (secondary N) is 2. The molecule has 1 aromatic heterocycles. The third kappa shape index (κ3) is 4.17. The Morgan fingerprint density at radius 3 is 2.71 bits per heavy atom. The second kappa shape index (κ2) is 7.23. The molecule has 0 aliphatic heterocycles. The number of halogens is 1. The van der Waals surface area contributed by atoms with Gasteiger partial charge in [-0.2, -0.15) is 5.10 Å². The summed E-state index contributed by atoms with van der Waals surface area (Å²) in [5, 5.41) is 10.9. The van der Waals surface area contributed by atoms with Gasteiger partial charge in [0, 0.05) is 17.4 Å². The minimum Gasteiger partial charge on any atom is -0.332 e. The molecule has 0 fully saturated rings. The minimum absolute atomic E-state index is 0.237. The molecule has 0 spiro atoms. The van der Waals surface area contributed by atoms with E-state index in [1.807, 2.05) is 37.3 Å². The van der Waals surface area contributed by atoms with E-state index in [9.17, 15) is 4.39 Å². The lowest BCUT2D eigenvalue weighted by atomic mass is 10.2. The molecule has 0 saturated carbocycles. The molecule has 0 atom stereocenters. The topological polar surface area (TPSA) is 41.9 Å². The first-order valence-electron chi connectivity index (χ1n) is 7.51. The number of thiocarbonyl (C=S) groups is 1. The second-order valence-electron chi connectivity index (χ2n) is 5.47. The van der Waals surface area contributed by atoms with Crippen molar-refractivity contribution in [1.82, 2.24) is 9.78 Å². The van der Waals surface area contributed by atoms with Crippen LogP contribution in [0.15, 0.2) is 60.9 Å². The van der Waals surface area contributed by atoms with E-state index in [-0.39, 0.29) is 5.82 Å². The number of benzene rings is 2. The highest BCUT2D eigenvalue weighted by atomic mass is 32.1. The van der Waals surface area contributed by atoms with E-state index < -0.39 is 0 Å². The van der Waals surface area contributed by atoms with Gasteiger partial charge in [-0.1, -0.05) is 30.3 Å². The van der Waals surface area contributed by atoms with Crippen molar-refractivity contribution < 1.29 is 4.39 Å². The molecule has 4 nitrogen and oxygen atoms in total. The van der Waals surface area contributed by atoms with E-state index in [1.54, 1.807) is 29.2 Å². The van der Waals surface area contributed by atoms with Crippen molar-refractivity contribution in [3.63, 3.8) is 0 Å². The van der Waals surface area contributed by atoms with Crippen LogP contribution in [-0.2, 0) is 6.54 Å². The van der Waals surface area contributed by atoms with Crippen molar-refractivity contribution in [2.24, 2.45) is 0 Å². The molecule has 122 valence electrons. The zero-order valence-corrected chi connectivity index (χ0v) is 14.0. The minimum atomic E-state index is -0.237. The van der Waals surface area contributed by atoms with Gasteiger partial charge in [0.25, 0.3) is 0 Å². The van der Waals surface area contributed by atoms with E-state index in [2.05, 4.69) is 15.7 Å². The van der Waals surface area contributed by atoms with Crippen molar-refractivity contribution in [1.29, 1.82) is 0 Å². The van der Waals surface area contributed by atoms with Gasteiger partial charge < -0.3 is 10.6 Å². The van der Waals surface area contributed by atoms with Gasteiger partial charge in [-0.3, -0.25) is 4.68 Å². The summed E-state index contributed by atoms with van der Waals surface area (Å²) in [4.78, 5) is 0. The lowest BCUT2D eigenvalue weighted by molar-refractivity contribution is 0.585. The van der Waals surface area contributed by atoms with Crippen LogP contribution in [0.1, 0.15) is 11.1 Å². The van der Waals surface area contributed by atoms with Crippen molar-refractivity contribution >= 4 is 28.7 Å². The van der Waals surface area contributed by atoms with Gasteiger partial charge in [-0.15, -0.1) is 0 Å². The number of hydrogen-bond acceptors (Lipinski definition) is 2. The maximum atomic E-state index is 13.7. The van der Waals surface area contributed by atoms with Gasteiger partial charge in [0.1, 0.15) is 5.82 Å². The van der Waals surface area contributed by atoms with Gasteiger partial charge in [0.2, 0.25) is 0 Å². The Kier molecular flexibility index (Phi) is 4.86. The monoisotopic (exact) mass is 340 g/mol. The van der Waals surface area contributed by atoms with Crippen LogP contribution in [0.5, 0.6) is 0 Å². The van der Waals surface area contributed by atoms with Crippen molar-refractivity contribution in [2.45, 2.75) is 13.5 Å². The number of nitrogens with zero attached hydrogens (tertiary/aromatic N) is 2. The number of hydrogen-bond donors (Lipinski definition) is 2. The summed E-state index contributed by atoms with van der Waals surface area (Å²) in [6.07, 6.45) is 3.45. The molecule has 6 heteroatoms. The van der Waals surface area contributed by atoms with Gasteiger partial charge in [-0.05, 0) is 42.9 Å². The average molecular weight is 340 g/mol. The Morgan fingerprint density at radius 1 is 1.12 bits per heavy atom. The van der Waals surface area contributed by atoms with Gasteiger partial charge >= 0.3 is 0 Å². The number of rotatable bonds is 4. The zero-order chi connectivity index (χ0) is 16.9. The molecular formula is C18H17FN4S. The summed E-state index contributed by atoms with van der Waals surface area (Å²) < 4.78 is 15.3. The molecule has 0 aliphatic rings. The van der Waals surface area contributed by atoms with Gasteiger partial charge in [0.05, 0.1) is 18.4 Å². The maximum Gasteiger partial charge on any atom is 0.175 e. The van der Waals surface area contributed by atoms with Gasteiger partial charge in [-0.25, -0.2) is 4.39 Å². The molecular weight excluding hydrogens is 323 g/mol. The molecule has 0 aliphatic carbocycles. The highest BCUT2D eigenvalue weighted by molar-refractivity contribution is 7.80. The van der Waals surface area contributed by atoms with E-state index in [0.717, 1.165) is 16.9 Å². The standard InChI is InChI=1S/C18H17FN4S/c1-13-5-4-7-15(9-13)21-18(24)22-16-10-20-23(12-16)11-14-6-2-3-8-17(14)19/h2-10,12H,11H2,1H3,(H2,21,22,24). The molecule has 0 unspecified atom stereocenters. The summed E-state index contributed by atoms with van der Waals surface area (Å²) in [6.45, 7) is 2.39. The Labute approximate surface area is 145 Å². The molecule has 3 aromatic rings. The smallest absolute Gasteiger partial charge is 0.175 e. The normalized spacial score (nSPS) is 10.4. The highest BCUT2D eigenvalue weighted by Crippen LogP contribution is 2.13. The summed E-state index contributed by atoms with van der Waals surface area (Å²) >= 11 is 5.30. The molecule has 2 aromatic carbocycles. The number of aromatic nitrogens is 2. The third-order valence-electron chi connectivity index (χ3n) is 3.46. The van der Waals surface area contributed by atoms with E-state index in [4.69, 9.17) is 12.2 Å². The Morgan fingerprint density at radius 2 is 1.92 bits per heavy atom. The van der Waals surface area contributed by atoms with Gasteiger partial charge in [0.15, 0.2) is 5.11 Å². The molecule has 2 N–H and O–H groups in total. The first-order chi connectivity index (χ1) is 11.6. The molecule has 1 heterocycles. The van der Waals surface area contributed by atoms with E-state index in [0.29, 0.717) is 17.2 Å². The second-order valence-corrected chi connectivity index (χ2v) is 5.87. The van der Waals surface area contributed by atoms with E-state index >= 15 is 0 Å². The summed E-state index contributed by atoms with van der Waals surface area (Å²) in [5.74, 6) is -0.237. The zero-order valence-electron chi connectivity index (χ0n) is 13.2. The summed E-state index contributed by atoms with van der Waals surface area (Å²) in [5.41, 5.74) is 3.41. The Bertz CT molecular complexity index is 859. The van der Waals surface area contributed by atoms with Crippen molar-refractivity contribution in [3.8, 4) is 0 Å². The molecule has 0 bridgehead atoms. The van der Waals surface area contributed by atoms with Crippen molar-refractivity contribution in [3.05, 3.63) is 77.9 Å². The molecule has 0 saturated heterocycles. The predicted octanol–water partition coefficient (Wildman–Crippen LogP) is 4.19. The lowest BCUT2D eigenvalue weighted by Gasteiger charge is -2.09. The number of aryl methyl sites for hydroxylation is 1. The van der Waals surface area contributed by atoms with Crippen molar-refractivity contribution in [2.75, 3.05) is 10.6 Å². The molecule has 0 amide bonds. The predicted molar refractivity (Wildman–Crippen MR) is 98.8 cm³/mol.